The van der Waals surface area contributed by atoms with E-state index in [1.54, 1.807) is 21.7 Å². The van der Waals surface area contributed by atoms with E-state index in [4.69, 9.17) is 0 Å². The van der Waals surface area contributed by atoms with Crippen LogP contribution < -0.4 is 5.56 Å². The van der Waals surface area contributed by atoms with Crippen molar-refractivity contribution in [1.82, 2.24) is 9.47 Å². The zero-order chi connectivity index (χ0) is 14.8. The van der Waals surface area contributed by atoms with Crippen LogP contribution in [0.3, 0.4) is 0 Å². The Bertz CT molecular complexity index is 719. The highest BCUT2D eigenvalue weighted by Gasteiger charge is 2.28. The monoisotopic (exact) mass is 282 g/mol. The van der Waals surface area contributed by atoms with Crippen molar-refractivity contribution in [3.05, 3.63) is 69.6 Å². The van der Waals surface area contributed by atoms with Gasteiger partial charge >= 0.3 is 0 Å². The minimum Gasteiger partial charge on any atom is -0.330 e. The maximum Gasteiger partial charge on any atom is 0.256 e. The van der Waals surface area contributed by atoms with Crippen molar-refractivity contribution < 1.29 is 4.79 Å². The molecule has 0 fully saturated rings. The molecule has 0 bridgehead atoms. The molecule has 4 heteroatoms. The van der Waals surface area contributed by atoms with Crippen LogP contribution in [-0.2, 0) is 19.6 Å². The molecule has 2 aromatic rings. The van der Waals surface area contributed by atoms with E-state index in [1.165, 1.54) is 0 Å². The largest absolute Gasteiger partial charge is 0.330 e. The van der Waals surface area contributed by atoms with Crippen molar-refractivity contribution in [3.8, 4) is 0 Å². The lowest BCUT2D eigenvalue weighted by atomic mass is 10.2. The number of pyridine rings is 1. The molecule has 0 spiro atoms. The molecule has 1 aromatic carbocycles. The third-order valence-electron chi connectivity index (χ3n) is 3.77. The number of aryl methyl sites for hydroxylation is 1. The van der Waals surface area contributed by atoms with E-state index in [-0.39, 0.29) is 11.5 Å². The van der Waals surface area contributed by atoms with Crippen LogP contribution >= 0.6 is 0 Å². The van der Waals surface area contributed by atoms with Gasteiger partial charge in [-0.2, -0.15) is 0 Å². The first-order valence-corrected chi connectivity index (χ1v) is 7.25. The third kappa shape index (κ3) is 2.61. The smallest absolute Gasteiger partial charge is 0.256 e. The standard InChI is InChI=1S/C17H18N2O2/c1-2-8-18-12-15-14(9-16(18)20)11-19(17(15)21)10-13-6-4-3-5-7-13/h3-7,9,12H,2,8,10-11H2,1H3. The molecule has 0 unspecified atom stereocenters. The lowest BCUT2D eigenvalue weighted by Crippen LogP contribution is -2.23. The molecule has 1 amide bonds. The van der Waals surface area contributed by atoms with Crippen LogP contribution in [0.1, 0.15) is 34.8 Å². The molecule has 0 atom stereocenters. The fourth-order valence-corrected chi connectivity index (χ4v) is 2.73. The van der Waals surface area contributed by atoms with Gasteiger partial charge in [-0.25, -0.2) is 0 Å². The highest BCUT2D eigenvalue weighted by molar-refractivity contribution is 5.97. The fraction of sp³-hybridized carbons (Fsp3) is 0.294. The summed E-state index contributed by atoms with van der Waals surface area (Å²) >= 11 is 0. The number of rotatable bonds is 4. The van der Waals surface area contributed by atoms with Crippen LogP contribution in [0.4, 0.5) is 0 Å². The molecule has 3 rings (SSSR count). The van der Waals surface area contributed by atoms with E-state index < -0.39 is 0 Å². The highest BCUT2D eigenvalue weighted by Crippen LogP contribution is 2.23. The van der Waals surface area contributed by atoms with Gasteiger partial charge < -0.3 is 9.47 Å². The van der Waals surface area contributed by atoms with E-state index in [1.807, 2.05) is 37.3 Å². The number of fused-ring (bicyclic) bond motifs is 1. The summed E-state index contributed by atoms with van der Waals surface area (Å²) in [7, 11) is 0. The Labute approximate surface area is 123 Å². The summed E-state index contributed by atoms with van der Waals surface area (Å²) in [6.45, 7) is 3.77. The van der Waals surface area contributed by atoms with Gasteiger partial charge in [-0.05, 0) is 17.5 Å². The van der Waals surface area contributed by atoms with Crippen molar-refractivity contribution in [2.24, 2.45) is 0 Å². The number of carbonyl (C=O) groups is 1. The summed E-state index contributed by atoms with van der Waals surface area (Å²) in [5, 5.41) is 0. The Hall–Kier alpha value is -2.36. The van der Waals surface area contributed by atoms with Crippen LogP contribution in [0.5, 0.6) is 0 Å². The SMILES string of the molecule is CCCn1cc2c(cc1=O)CN(Cc1ccccc1)C2=O. The maximum atomic E-state index is 12.5. The first-order chi connectivity index (χ1) is 10.2. The number of nitrogens with zero attached hydrogens (tertiary/aromatic N) is 2. The van der Waals surface area contributed by atoms with Gasteiger partial charge in [-0.15, -0.1) is 0 Å². The lowest BCUT2D eigenvalue weighted by Gasteiger charge is -2.15. The van der Waals surface area contributed by atoms with Gasteiger partial charge in [0.1, 0.15) is 0 Å². The molecule has 2 heterocycles. The van der Waals surface area contributed by atoms with Gasteiger partial charge in [0.2, 0.25) is 0 Å². The van der Waals surface area contributed by atoms with Crippen LogP contribution in [-0.4, -0.2) is 15.4 Å². The van der Waals surface area contributed by atoms with E-state index in [2.05, 4.69) is 0 Å². The van der Waals surface area contributed by atoms with Gasteiger partial charge in [0.15, 0.2) is 0 Å². The summed E-state index contributed by atoms with van der Waals surface area (Å²) in [6, 6.07) is 11.5. The number of aromatic nitrogens is 1. The average molecular weight is 282 g/mol. The number of hydrogen-bond donors (Lipinski definition) is 0. The van der Waals surface area contributed by atoms with Crippen molar-refractivity contribution in [2.45, 2.75) is 33.0 Å². The number of amides is 1. The number of carbonyl (C=O) groups excluding carboxylic acids is 1. The predicted molar refractivity (Wildman–Crippen MR) is 81.0 cm³/mol. The van der Waals surface area contributed by atoms with E-state index in [0.717, 1.165) is 17.5 Å². The van der Waals surface area contributed by atoms with Gasteiger partial charge in [-0.3, -0.25) is 9.59 Å². The highest BCUT2D eigenvalue weighted by atomic mass is 16.2. The molecule has 21 heavy (non-hydrogen) atoms. The molecular formula is C17H18N2O2. The molecule has 0 radical (unpaired) electrons. The Morgan fingerprint density at radius 2 is 1.90 bits per heavy atom. The molecule has 0 aliphatic carbocycles. The Morgan fingerprint density at radius 1 is 1.14 bits per heavy atom. The molecule has 0 saturated heterocycles. The summed E-state index contributed by atoms with van der Waals surface area (Å²) in [5.41, 5.74) is 2.58. The topological polar surface area (TPSA) is 42.3 Å². The molecule has 108 valence electrons. The van der Waals surface area contributed by atoms with Crippen molar-refractivity contribution in [3.63, 3.8) is 0 Å². The first kappa shape index (κ1) is 13.6. The van der Waals surface area contributed by atoms with Gasteiger partial charge in [0.25, 0.3) is 11.5 Å². The molecule has 1 aromatic heterocycles. The quantitative estimate of drug-likeness (QED) is 0.864. The minimum absolute atomic E-state index is 0.0127. The normalized spacial score (nSPS) is 13.6. The Kier molecular flexibility index (Phi) is 3.60. The van der Waals surface area contributed by atoms with Gasteiger partial charge in [0.05, 0.1) is 5.56 Å². The number of benzene rings is 1. The van der Waals surface area contributed by atoms with Crippen LogP contribution in [0, 0.1) is 0 Å². The van der Waals surface area contributed by atoms with E-state index >= 15 is 0 Å². The Morgan fingerprint density at radius 3 is 2.62 bits per heavy atom. The molecular weight excluding hydrogens is 264 g/mol. The molecule has 0 N–H and O–H groups in total. The summed E-state index contributed by atoms with van der Waals surface area (Å²) in [6.07, 6.45) is 2.59. The molecule has 1 aliphatic rings. The van der Waals surface area contributed by atoms with Crippen LogP contribution in [0.15, 0.2) is 47.4 Å². The second-order valence-corrected chi connectivity index (χ2v) is 5.39. The lowest BCUT2D eigenvalue weighted by molar-refractivity contribution is 0.0766. The summed E-state index contributed by atoms with van der Waals surface area (Å²) in [4.78, 5) is 26.2. The number of hydrogen-bond acceptors (Lipinski definition) is 2. The van der Waals surface area contributed by atoms with Gasteiger partial charge in [0, 0.05) is 31.9 Å². The molecule has 1 aliphatic heterocycles. The second-order valence-electron chi connectivity index (χ2n) is 5.39. The summed E-state index contributed by atoms with van der Waals surface area (Å²) in [5.74, 6) is 0.0127. The predicted octanol–water partition coefficient (Wildman–Crippen LogP) is 2.41. The molecule has 0 saturated carbocycles. The van der Waals surface area contributed by atoms with E-state index in [0.29, 0.717) is 25.2 Å². The van der Waals surface area contributed by atoms with Crippen LogP contribution in [0.2, 0.25) is 0 Å². The van der Waals surface area contributed by atoms with Gasteiger partial charge in [-0.1, -0.05) is 37.3 Å². The zero-order valence-corrected chi connectivity index (χ0v) is 12.1. The summed E-state index contributed by atoms with van der Waals surface area (Å²) < 4.78 is 1.63. The van der Waals surface area contributed by atoms with Crippen molar-refractivity contribution >= 4 is 5.91 Å². The zero-order valence-electron chi connectivity index (χ0n) is 12.1. The van der Waals surface area contributed by atoms with E-state index in [9.17, 15) is 9.59 Å². The minimum atomic E-state index is -0.0232. The first-order valence-electron chi connectivity index (χ1n) is 7.25. The fourth-order valence-electron chi connectivity index (χ4n) is 2.73. The van der Waals surface area contributed by atoms with Crippen molar-refractivity contribution in [1.29, 1.82) is 0 Å². The maximum absolute atomic E-state index is 12.5. The second kappa shape index (κ2) is 5.56. The van der Waals surface area contributed by atoms with Crippen LogP contribution in [0.25, 0.3) is 0 Å². The average Bonchev–Trinajstić information content (AvgIpc) is 2.77. The molecule has 4 nitrogen and oxygen atoms in total. The third-order valence-corrected chi connectivity index (χ3v) is 3.77. The Balaban J connectivity index is 1.87. The van der Waals surface area contributed by atoms with Crippen molar-refractivity contribution in [2.75, 3.05) is 0 Å².